The van der Waals surface area contributed by atoms with Gasteiger partial charge in [0.2, 0.25) is 0 Å². The third-order valence-electron chi connectivity index (χ3n) is 3.44. The van der Waals surface area contributed by atoms with Gasteiger partial charge in [0.15, 0.2) is 0 Å². The number of benzene rings is 1. The highest BCUT2D eigenvalue weighted by atomic mass is 79.9. The monoisotopic (exact) mass is 356 g/mol. The molecule has 0 saturated carbocycles. The van der Waals surface area contributed by atoms with Crippen LogP contribution in [0, 0.1) is 16.0 Å². The number of rotatable bonds is 10. The molecule has 4 nitrogen and oxygen atoms in total. The van der Waals surface area contributed by atoms with E-state index in [0.717, 1.165) is 28.9 Å². The van der Waals surface area contributed by atoms with E-state index in [1.807, 2.05) is 6.07 Å². The van der Waals surface area contributed by atoms with Crippen LogP contribution in [0.5, 0.6) is 0 Å². The van der Waals surface area contributed by atoms with E-state index in [1.54, 1.807) is 12.1 Å². The van der Waals surface area contributed by atoms with Gasteiger partial charge in [-0.15, -0.1) is 0 Å². The lowest BCUT2D eigenvalue weighted by atomic mass is 10.0. The first kappa shape index (κ1) is 18.1. The highest BCUT2D eigenvalue weighted by molar-refractivity contribution is 9.10. The third kappa shape index (κ3) is 7.58. The van der Waals surface area contributed by atoms with Gasteiger partial charge in [-0.1, -0.05) is 55.5 Å². The summed E-state index contributed by atoms with van der Waals surface area (Å²) < 4.78 is 0.739. The number of hydrogen-bond acceptors (Lipinski definition) is 3. The number of nitro groups is 1. The summed E-state index contributed by atoms with van der Waals surface area (Å²) in [7, 11) is 0. The molecule has 0 atom stereocenters. The fourth-order valence-electron chi connectivity index (χ4n) is 2.24. The molecule has 0 fully saturated rings. The van der Waals surface area contributed by atoms with Gasteiger partial charge in [-0.3, -0.25) is 10.1 Å². The Labute approximate surface area is 135 Å². The summed E-state index contributed by atoms with van der Waals surface area (Å²) in [6, 6.07) is 5.21. The van der Waals surface area contributed by atoms with Crippen molar-refractivity contribution in [2.45, 2.75) is 52.5 Å². The minimum atomic E-state index is -0.326. The largest absolute Gasteiger partial charge is 0.312 e. The standard InChI is InChI=1S/C16H25BrN2O2/c1-13(2)7-5-3-4-6-10-18-12-14-8-9-15(17)11-16(14)19(20)21/h8-9,11,13,18H,3-7,10,12H2,1-2H3. The zero-order chi connectivity index (χ0) is 15.7. The molecule has 0 aliphatic rings. The Morgan fingerprint density at radius 1 is 1.24 bits per heavy atom. The van der Waals surface area contributed by atoms with Crippen molar-refractivity contribution in [3.8, 4) is 0 Å². The van der Waals surface area contributed by atoms with Gasteiger partial charge >= 0.3 is 0 Å². The van der Waals surface area contributed by atoms with Gasteiger partial charge in [0.25, 0.3) is 5.69 Å². The predicted molar refractivity (Wildman–Crippen MR) is 90.4 cm³/mol. The van der Waals surface area contributed by atoms with Crippen LogP contribution in [-0.2, 0) is 6.54 Å². The van der Waals surface area contributed by atoms with Crippen molar-refractivity contribution >= 4 is 21.6 Å². The van der Waals surface area contributed by atoms with Crippen LogP contribution in [0.25, 0.3) is 0 Å². The lowest BCUT2D eigenvalue weighted by Gasteiger charge is -2.07. The maximum absolute atomic E-state index is 11.0. The van der Waals surface area contributed by atoms with Crippen molar-refractivity contribution in [2.24, 2.45) is 5.92 Å². The summed E-state index contributed by atoms with van der Waals surface area (Å²) in [5.74, 6) is 0.793. The Bertz CT molecular complexity index is 450. The molecule has 0 aromatic heterocycles. The molecular weight excluding hydrogens is 332 g/mol. The maximum atomic E-state index is 11.0. The SMILES string of the molecule is CC(C)CCCCCCNCc1ccc(Br)cc1[N+](=O)[O-]. The first-order valence-corrected chi connectivity index (χ1v) is 8.43. The number of nitrogens with one attached hydrogen (secondary N) is 1. The molecule has 1 rings (SSSR count). The van der Waals surface area contributed by atoms with Gasteiger partial charge in [0, 0.05) is 22.6 Å². The maximum Gasteiger partial charge on any atom is 0.275 e. The molecule has 0 bridgehead atoms. The smallest absolute Gasteiger partial charge is 0.275 e. The highest BCUT2D eigenvalue weighted by Crippen LogP contribution is 2.23. The van der Waals surface area contributed by atoms with Crippen molar-refractivity contribution in [1.82, 2.24) is 5.32 Å². The molecule has 1 aromatic carbocycles. The van der Waals surface area contributed by atoms with E-state index in [1.165, 1.54) is 25.7 Å². The van der Waals surface area contributed by atoms with E-state index in [0.29, 0.717) is 6.54 Å². The lowest BCUT2D eigenvalue weighted by Crippen LogP contribution is -2.15. The fraction of sp³-hybridized carbons (Fsp3) is 0.625. The minimum absolute atomic E-state index is 0.175. The Balaban J connectivity index is 2.23. The first-order valence-electron chi connectivity index (χ1n) is 7.64. The molecule has 5 heteroatoms. The van der Waals surface area contributed by atoms with Gasteiger partial charge in [0.05, 0.1) is 4.92 Å². The van der Waals surface area contributed by atoms with E-state index in [4.69, 9.17) is 0 Å². The second-order valence-corrected chi connectivity index (χ2v) is 6.72. The normalized spacial score (nSPS) is 11.0. The molecule has 0 heterocycles. The molecule has 0 radical (unpaired) electrons. The number of unbranched alkanes of at least 4 members (excludes halogenated alkanes) is 3. The van der Waals surface area contributed by atoms with Crippen molar-refractivity contribution in [2.75, 3.05) is 6.54 Å². The highest BCUT2D eigenvalue weighted by Gasteiger charge is 2.13. The minimum Gasteiger partial charge on any atom is -0.312 e. The van der Waals surface area contributed by atoms with Gasteiger partial charge in [-0.25, -0.2) is 0 Å². The number of nitrogens with zero attached hydrogens (tertiary/aromatic N) is 1. The molecule has 21 heavy (non-hydrogen) atoms. The first-order chi connectivity index (χ1) is 10.0. The summed E-state index contributed by atoms with van der Waals surface area (Å²) >= 11 is 3.27. The Morgan fingerprint density at radius 3 is 2.62 bits per heavy atom. The fourth-order valence-corrected chi connectivity index (χ4v) is 2.58. The van der Waals surface area contributed by atoms with Crippen LogP contribution in [0.15, 0.2) is 22.7 Å². The molecule has 0 amide bonds. The molecule has 1 aromatic rings. The van der Waals surface area contributed by atoms with Crippen LogP contribution < -0.4 is 5.32 Å². The summed E-state index contributed by atoms with van der Waals surface area (Å²) in [6.07, 6.45) is 6.23. The van der Waals surface area contributed by atoms with Crippen LogP contribution in [0.2, 0.25) is 0 Å². The van der Waals surface area contributed by atoms with Crippen LogP contribution in [-0.4, -0.2) is 11.5 Å². The Morgan fingerprint density at radius 2 is 1.95 bits per heavy atom. The van der Waals surface area contributed by atoms with Crippen molar-refractivity contribution < 1.29 is 4.92 Å². The summed E-state index contributed by atoms with van der Waals surface area (Å²) in [6.45, 7) is 5.98. The second kappa shape index (κ2) is 9.90. The van der Waals surface area contributed by atoms with Crippen LogP contribution >= 0.6 is 15.9 Å². The Hall–Kier alpha value is -0.940. The molecule has 0 saturated heterocycles. The predicted octanol–water partition coefficient (Wildman–Crippen LogP) is 5.05. The Kier molecular flexibility index (Phi) is 8.54. The van der Waals surface area contributed by atoms with Crippen molar-refractivity contribution in [1.29, 1.82) is 0 Å². The zero-order valence-corrected chi connectivity index (χ0v) is 14.5. The summed E-state index contributed by atoms with van der Waals surface area (Å²) in [5.41, 5.74) is 0.914. The number of halogens is 1. The average Bonchev–Trinajstić information content (AvgIpc) is 2.42. The van der Waals surface area contributed by atoms with Gasteiger partial charge in [-0.05, 0) is 31.0 Å². The molecule has 0 spiro atoms. The molecule has 0 aliphatic carbocycles. The lowest BCUT2D eigenvalue weighted by molar-refractivity contribution is -0.385. The average molecular weight is 357 g/mol. The van der Waals surface area contributed by atoms with E-state index >= 15 is 0 Å². The molecule has 118 valence electrons. The van der Waals surface area contributed by atoms with Gasteiger partial charge in [0.1, 0.15) is 0 Å². The van der Waals surface area contributed by atoms with Crippen molar-refractivity contribution in [3.63, 3.8) is 0 Å². The molecule has 0 aliphatic heterocycles. The topological polar surface area (TPSA) is 55.2 Å². The van der Waals surface area contributed by atoms with E-state index in [9.17, 15) is 10.1 Å². The van der Waals surface area contributed by atoms with Crippen LogP contribution in [0.1, 0.15) is 51.5 Å². The quantitative estimate of drug-likeness (QED) is 0.362. The van der Waals surface area contributed by atoms with Crippen LogP contribution in [0.3, 0.4) is 0 Å². The van der Waals surface area contributed by atoms with Crippen molar-refractivity contribution in [3.05, 3.63) is 38.3 Å². The summed E-state index contributed by atoms with van der Waals surface area (Å²) in [5, 5.41) is 14.3. The zero-order valence-electron chi connectivity index (χ0n) is 12.9. The van der Waals surface area contributed by atoms with E-state index < -0.39 is 0 Å². The third-order valence-corrected chi connectivity index (χ3v) is 3.94. The molecular formula is C16H25BrN2O2. The number of nitro benzene ring substituents is 1. The van der Waals surface area contributed by atoms with Crippen LogP contribution in [0.4, 0.5) is 5.69 Å². The van der Waals surface area contributed by atoms with Gasteiger partial charge < -0.3 is 5.32 Å². The van der Waals surface area contributed by atoms with Gasteiger partial charge in [-0.2, -0.15) is 0 Å². The van der Waals surface area contributed by atoms with E-state index in [-0.39, 0.29) is 10.6 Å². The van der Waals surface area contributed by atoms with E-state index in [2.05, 4.69) is 35.1 Å². The molecule has 1 N–H and O–H groups in total. The summed E-state index contributed by atoms with van der Waals surface area (Å²) in [4.78, 5) is 10.7. The number of hydrogen-bond donors (Lipinski definition) is 1. The molecule has 0 unspecified atom stereocenters. The second-order valence-electron chi connectivity index (χ2n) is 5.80.